The zero-order chi connectivity index (χ0) is 48.7. The summed E-state index contributed by atoms with van der Waals surface area (Å²) in [4.78, 5) is 0. The maximum atomic E-state index is 9.63. The number of allylic oxidation sites excluding steroid dienone is 5. The summed E-state index contributed by atoms with van der Waals surface area (Å²) in [5.41, 5.74) is 2.98. The zero-order valence-corrected chi connectivity index (χ0v) is 45.9. The minimum absolute atomic E-state index is 0.0116. The normalized spacial score (nSPS) is 15.4. The molecule has 0 saturated carbocycles. The van der Waals surface area contributed by atoms with Gasteiger partial charge in [0.1, 0.15) is 0 Å². The lowest BCUT2D eigenvalue weighted by Crippen LogP contribution is -2.37. The van der Waals surface area contributed by atoms with Crippen molar-refractivity contribution in [3.05, 3.63) is 35.5 Å². The van der Waals surface area contributed by atoms with E-state index in [2.05, 4.69) is 164 Å². The molecule has 0 spiro atoms. The fourth-order valence-electron chi connectivity index (χ4n) is 5.52. The number of hydrogen-bond acceptors (Lipinski definition) is 4. The summed E-state index contributed by atoms with van der Waals surface area (Å²) in [5.74, 6) is 4.81. The molecule has 364 valence electrons. The van der Waals surface area contributed by atoms with Gasteiger partial charge in [0.2, 0.25) is 0 Å². The Kier molecular flexibility index (Phi) is 41.3. The summed E-state index contributed by atoms with van der Waals surface area (Å²) in [5, 5.41) is 28.6. The lowest BCUT2D eigenvalue weighted by Gasteiger charge is -2.27. The summed E-state index contributed by atoms with van der Waals surface area (Å²) >= 11 is 0. The summed E-state index contributed by atoms with van der Waals surface area (Å²) < 4.78 is 5.66. The van der Waals surface area contributed by atoms with Crippen LogP contribution in [0.1, 0.15) is 257 Å². The van der Waals surface area contributed by atoms with Crippen molar-refractivity contribution in [2.24, 2.45) is 40.9 Å². The van der Waals surface area contributed by atoms with Crippen LogP contribution in [0.5, 0.6) is 0 Å². The van der Waals surface area contributed by atoms with Gasteiger partial charge in [0.25, 0.3) is 0 Å². The van der Waals surface area contributed by atoms with E-state index in [0.29, 0.717) is 11.8 Å². The third-order valence-electron chi connectivity index (χ3n) is 10.3. The molecule has 4 heteroatoms. The molecule has 0 aromatic heterocycles. The Hall–Kier alpha value is -0.940. The zero-order valence-electron chi connectivity index (χ0n) is 45.9. The van der Waals surface area contributed by atoms with E-state index in [1.165, 1.54) is 61.7 Å². The highest BCUT2D eigenvalue weighted by molar-refractivity contribution is 4.97. The maximum Gasteiger partial charge on any atom is 0.0864 e. The van der Waals surface area contributed by atoms with Crippen molar-refractivity contribution in [1.82, 2.24) is 0 Å². The molecule has 0 amide bonds. The second kappa shape index (κ2) is 36.4. The van der Waals surface area contributed by atoms with Crippen LogP contribution in [0.25, 0.3) is 0 Å². The predicted octanol–water partition coefficient (Wildman–Crippen LogP) is 17.5. The summed E-state index contributed by atoms with van der Waals surface area (Å²) in [6.07, 6.45) is 19.5. The van der Waals surface area contributed by atoms with Crippen molar-refractivity contribution in [3.8, 4) is 0 Å². The molecule has 3 N–H and O–H groups in total. The number of aliphatic hydroxyl groups excluding tert-OH is 1. The number of ether oxygens (including phenoxy) is 1. The van der Waals surface area contributed by atoms with Gasteiger partial charge >= 0.3 is 0 Å². The van der Waals surface area contributed by atoms with Gasteiger partial charge in [0.15, 0.2) is 0 Å². The molecule has 0 aromatic carbocycles. The van der Waals surface area contributed by atoms with Crippen LogP contribution in [-0.2, 0) is 4.74 Å². The van der Waals surface area contributed by atoms with E-state index in [4.69, 9.17) is 4.74 Å². The Labute approximate surface area is 380 Å². The largest absolute Gasteiger partial charge is 0.393 e. The molecule has 1 fully saturated rings. The van der Waals surface area contributed by atoms with E-state index < -0.39 is 11.2 Å². The molecule has 0 aliphatic carbocycles. The summed E-state index contributed by atoms with van der Waals surface area (Å²) in [6.45, 7) is 57.2. The second-order valence-electron chi connectivity index (χ2n) is 23.8. The SMILES string of the molecule is C=C(CCC(C)C)C(C)C.CC(C)=CCCC(C)(C)O.CC(C)=CCCC(C)C.CC(C)CCC(O)C(C)(C)C.CC(C)CCCC(C)C.CC1(C)CC[C@@H](C(C)(C)O)O1. The number of rotatable bonds is 18. The molecule has 1 saturated heterocycles. The van der Waals surface area contributed by atoms with E-state index in [0.717, 1.165) is 62.2 Å². The van der Waals surface area contributed by atoms with Crippen LogP contribution in [0.4, 0.5) is 0 Å². The first-order chi connectivity index (χ1) is 26.9. The number of hydrogen-bond donors (Lipinski definition) is 3. The molecule has 60 heavy (non-hydrogen) atoms. The van der Waals surface area contributed by atoms with Crippen molar-refractivity contribution in [3.63, 3.8) is 0 Å². The predicted molar refractivity (Wildman–Crippen MR) is 274 cm³/mol. The van der Waals surface area contributed by atoms with Crippen molar-refractivity contribution in [2.45, 2.75) is 286 Å². The first-order valence-corrected chi connectivity index (χ1v) is 24.6. The van der Waals surface area contributed by atoms with Crippen LogP contribution < -0.4 is 0 Å². The molecule has 2 atom stereocenters. The Morgan fingerprint density at radius 3 is 1.30 bits per heavy atom. The molecule has 1 aliphatic rings. The Morgan fingerprint density at radius 1 is 0.633 bits per heavy atom. The van der Waals surface area contributed by atoms with Gasteiger partial charge in [0, 0.05) is 0 Å². The van der Waals surface area contributed by atoms with E-state index in [-0.39, 0.29) is 23.2 Å². The lowest BCUT2D eigenvalue weighted by molar-refractivity contribution is -0.109. The van der Waals surface area contributed by atoms with Crippen LogP contribution in [0.3, 0.4) is 0 Å². The highest BCUT2D eigenvalue weighted by atomic mass is 16.5. The smallest absolute Gasteiger partial charge is 0.0864 e. The molecule has 0 aromatic rings. The minimum atomic E-state index is -0.687. The van der Waals surface area contributed by atoms with E-state index in [9.17, 15) is 15.3 Å². The molecule has 4 nitrogen and oxygen atoms in total. The highest BCUT2D eigenvalue weighted by Gasteiger charge is 2.39. The van der Waals surface area contributed by atoms with Gasteiger partial charge in [-0.25, -0.2) is 0 Å². The third kappa shape index (κ3) is 59.2. The lowest BCUT2D eigenvalue weighted by atomic mass is 9.85. The Bertz CT molecular complexity index is 1020. The van der Waals surface area contributed by atoms with Gasteiger partial charge in [-0.3, -0.25) is 0 Å². The van der Waals surface area contributed by atoms with Gasteiger partial charge < -0.3 is 20.1 Å². The standard InChI is InChI=1S/C10H22O.C10H20.C9H18O2.C9H18O.C9H20.C9H18/c1-8(2)6-7-9(11)10(3,4)5;1-8(2)6-7-10(5)9(3)4;1-8(2)6-5-7(11-8)9(3,4)10;1-8(2)6-5-7-9(3,4)10;2*1-8(2)6-5-7-9(3)4/h8-9,11H,6-7H2,1-5H3;8-9H,5-7H2,1-4H3;7,10H,5-6H2,1-4H3;6,10H,5,7H2,1-4H3;8-9H,5-7H2,1-4H3;6,9H,5,7H2,1-4H3/t;;7-;;;/m..0.../s1. The maximum absolute atomic E-state index is 9.63. The fourth-order valence-corrected chi connectivity index (χ4v) is 5.52. The van der Waals surface area contributed by atoms with Crippen LogP contribution in [0, 0.1) is 40.9 Å². The molecule has 0 bridgehead atoms. The van der Waals surface area contributed by atoms with Gasteiger partial charge in [-0.15, -0.1) is 0 Å². The van der Waals surface area contributed by atoms with Crippen molar-refractivity contribution in [2.75, 3.05) is 0 Å². The van der Waals surface area contributed by atoms with Crippen LogP contribution >= 0.6 is 0 Å². The van der Waals surface area contributed by atoms with Crippen molar-refractivity contribution in [1.29, 1.82) is 0 Å². The van der Waals surface area contributed by atoms with Gasteiger partial charge in [-0.2, -0.15) is 0 Å². The Balaban J connectivity index is -0.000000202. The second-order valence-corrected chi connectivity index (χ2v) is 23.8. The average Bonchev–Trinajstić information content (AvgIpc) is 3.42. The van der Waals surface area contributed by atoms with E-state index >= 15 is 0 Å². The van der Waals surface area contributed by atoms with E-state index in [1.54, 1.807) is 13.8 Å². The summed E-state index contributed by atoms with van der Waals surface area (Å²) in [6, 6.07) is 0. The highest BCUT2D eigenvalue weighted by Crippen LogP contribution is 2.34. The van der Waals surface area contributed by atoms with Crippen LogP contribution in [0.15, 0.2) is 35.5 Å². The molecular weight excluding hydrogens is 737 g/mol. The minimum Gasteiger partial charge on any atom is -0.393 e. The molecule has 1 heterocycles. The summed E-state index contributed by atoms with van der Waals surface area (Å²) in [7, 11) is 0. The molecule has 1 unspecified atom stereocenters. The topological polar surface area (TPSA) is 69.9 Å². The van der Waals surface area contributed by atoms with Gasteiger partial charge in [-0.05, 0) is 174 Å². The molecule has 1 aliphatic heterocycles. The molecular formula is C56H116O4. The quantitative estimate of drug-likeness (QED) is 0.120. The first kappa shape index (κ1) is 68.1. The van der Waals surface area contributed by atoms with Crippen molar-refractivity contribution >= 4 is 0 Å². The average molecular weight is 854 g/mol. The number of aliphatic hydroxyl groups is 3. The van der Waals surface area contributed by atoms with Crippen LogP contribution in [0.2, 0.25) is 0 Å². The van der Waals surface area contributed by atoms with Gasteiger partial charge in [0.05, 0.1) is 29.0 Å². The fraction of sp³-hybridized carbons (Fsp3) is 0.893. The molecule has 0 radical (unpaired) electrons. The van der Waals surface area contributed by atoms with Gasteiger partial charge in [-0.1, -0.05) is 159 Å². The monoisotopic (exact) mass is 853 g/mol. The van der Waals surface area contributed by atoms with Crippen LogP contribution in [-0.4, -0.2) is 44.3 Å². The van der Waals surface area contributed by atoms with E-state index in [1.807, 2.05) is 13.8 Å². The van der Waals surface area contributed by atoms with Crippen molar-refractivity contribution < 1.29 is 20.1 Å². The molecule has 1 rings (SSSR count). The Morgan fingerprint density at radius 2 is 1.03 bits per heavy atom. The first-order valence-electron chi connectivity index (χ1n) is 24.6. The third-order valence-corrected chi connectivity index (χ3v) is 10.3.